The van der Waals surface area contributed by atoms with E-state index >= 15 is 0 Å². The number of fused-ring (bicyclic) bond motifs is 5. The summed E-state index contributed by atoms with van der Waals surface area (Å²) in [7, 11) is 0. The molecular formula is C17H15NO. The van der Waals surface area contributed by atoms with Crippen LogP contribution in [0.1, 0.15) is 24.0 Å². The molecule has 1 aliphatic carbocycles. The van der Waals surface area contributed by atoms with E-state index in [1.54, 1.807) is 0 Å². The van der Waals surface area contributed by atoms with Crippen LogP contribution in [0.3, 0.4) is 0 Å². The van der Waals surface area contributed by atoms with Gasteiger partial charge < -0.3 is 4.98 Å². The lowest BCUT2D eigenvalue weighted by molar-refractivity contribution is 0.682. The molecule has 0 unspecified atom stereocenters. The molecule has 0 bridgehead atoms. The SMILES string of the molecule is O=c1[nH]c2c(ccc3ccccc32)c2c1CCCC2. The Hall–Kier alpha value is -2.09. The lowest BCUT2D eigenvalue weighted by Crippen LogP contribution is -2.19. The zero-order valence-corrected chi connectivity index (χ0v) is 10.7. The maximum atomic E-state index is 12.3. The van der Waals surface area contributed by atoms with Gasteiger partial charge in [0, 0.05) is 16.3 Å². The van der Waals surface area contributed by atoms with Crippen molar-refractivity contribution in [2.24, 2.45) is 0 Å². The molecule has 0 saturated carbocycles. The number of benzene rings is 2. The highest BCUT2D eigenvalue weighted by Crippen LogP contribution is 2.29. The molecular weight excluding hydrogens is 234 g/mol. The van der Waals surface area contributed by atoms with Gasteiger partial charge in [-0.3, -0.25) is 4.79 Å². The summed E-state index contributed by atoms with van der Waals surface area (Å²) in [5, 5.41) is 3.56. The van der Waals surface area contributed by atoms with E-state index in [2.05, 4.69) is 29.2 Å². The number of rotatable bonds is 0. The molecule has 1 N–H and O–H groups in total. The highest BCUT2D eigenvalue weighted by molar-refractivity contribution is 6.06. The lowest BCUT2D eigenvalue weighted by atomic mass is 9.89. The van der Waals surface area contributed by atoms with Crippen LogP contribution in [0.25, 0.3) is 21.7 Å². The van der Waals surface area contributed by atoms with Gasteiger partial charge in [-0.1, -0.05) is 36.4 Å². The highest BCUT2D eigenvalue weighted by atomic mass is 16.1. The molecule has 2 aromatic carbocycles. The Balaban J connectivity index is 2.22. The fraction of sp³-hybridized carbons (Fsp3) is 0.235. The highest BCUT2D eigenvalue weighted by Gasteiger charge is 2.16. The third kappa shape index (κ3) is 1.53. The number of aromatic nitrogens is 1. The average molecular weight is 249 g/mol. The summed E-state index contributed by atoms with van der Waals surface area (Å²) in [5.74, 6) is 0. The first kappa shape index (κ1) is 10.8. The first-order valence-corrected chi connectivity index (χ1v) is 6.90. The molecule has 3 aromatic rings. The number of hydrogen-bond acceptors (Lipinski definition) is 1. The predicted molar refractivity (Wildman–Crippen MR) is 78.7 cm³/mol. The van der Waals surface area contributed by atoms with Crippen molar-refractivity contribution in [3.63, 3.8) is 0 Å². The molecule has 19 heavy (non-hydrogen) atoms. The molecule has 0 saturated heterocycles. The summed E-state index contributed by atoms with van der Waals surface area (Å²) in [6, 6.07) is 12.6. The number of pyridine rings is 1. The van der Waals surface area contributed by atoms with Crippen molar-refractivity contribution in [3.05, 3.63) is 57.9 Å². The van der Waals surface area contributed by atoms with Crippen LogP contribution in [-0.2, 0) is 12.8 Å². The minimum absolute atomic E-state index is 0.110. The van der Waals surface area contributed by atoms with Gasteiger partial charge >= 0.3 is 0 Å². The Kier molecular flexibility index (Phi) is 2.25. The Morgan fingerprint density at radius 3 is 2.53 bits per heavy atom. The molecule has 1 heterocycles. The molecule has 1 aliphatic rings. The van der Waals surface area contributed by atoms with Gasteiger partial charge in [-0.05, 0) is 36.6 Å². The van der Waals surface area contributed by atoms with Crippen LogP contribution in [-0.4, -0.2) is 4.98 Å². The van der Waals surface area contributed by atoms with Gasteiger partial charge in [-0.25, -0.2) is 0 Å². The molecule has 2 nitrogen and oxygen atoms in total. The van der Waals surface area contributed by atoms with E-state index in [1.807, 2.05) is 12.1 Å². The molecule has 4 rings (SSSR count). The predicted octanol–water partition coefficient (Wildman–Crippen LogP) is 3.56. The number of aryl methyl sites for hydroxylation is 1. The molecule has 94 valence electrons. The van der Waals surface area contributed by atoms with Crippen LogP contribution in [0.15, 0.2) is 41.2 Å². The van der Waals surface area contributed by atoms with Crippen molar-refractivity contribution in [3.8, 4) is 0 Å². The molecule has 2 heteroatoms. The Morgan fingerprint density at radius 1 is 0.842 bits per heavy atom. The van der Waals surface area contributed by atoms with Gasteiger partial charge in [-0.15, -0.1) is 0 Å². The van der Waals surface area contributed by atoms with Crippen LogP contribution in [0.4, 0.5) is 0 Å². The van der Waals surface area contributed by atoms with E-state index in [9.17, 15) is 4.79 Å². The molecule has 0 radical (unpaired) electrons. The van der Waals surface area contributed by atoms with Gasteiger partial charge in [0.25, 0.3) is 5.56 Å². The third-order valence-electron chi connectivity index (χ3n) is 4.23. The quantitative estimate of drug-likeness (QED) is 0.607. The molecule has 0 fully saturated rings. The number of aromatic amines is 1. The minimum Gasteiger partial charge on any atom is -0.321 e. The van der Waals surface area contributed by atoms with E-state index in [0.29, 0.717) is 0 Å². The number of nitrogens with one attached hydrogen (secondary N) is 1. The average Bonchev–Trinajstić information content (AvgIpc) is 2.47. The van der Waals surface area contributed by atoms with E-state index in [1.165, 1.54) is 22.8 Å². The summed E-state index contributed by atoms with van der Waals surface area (Å²) < 4.78 is 0. The van der Waals surface area contributed by atoms with E-state index in [0.717, 1.165) is 35.7 Å². The van der Waals surface area contributed by atoms with Crippen molar-refractivity contribution >= 4 is 21.7 Å². The van der Waals surface area contributed by atoms with E-state index in [-0.39, 0.29) is 5.56 Å². The molecule has 0 aliphatic heterocycles. The summed E-state index contributed by atoms with van der Waals surface area (Å²) in [6.07, 6.45) is 4.29. The topological polar surface area (TPSA) is 32.9 Å². The van der Waals surface area contributed by atoms with Gasteiger partial charge in [0.05, 0.1) is 5.52 Å². The smallest absolute Gasteiger partial charge is 0.251 e. The maximum Gasteiger partial charge on any atom is 0.251 e. The van der Waals surface area contributed by atoms with Crippen LogP contribution in [0.5, 0.6) is 0 Å². The third-order valence-corrected chi connectivity index (χ3v) is 4.23. The standard InChI is InChI=1S/C17H15NO/c19-17-15-8-4-3-7-13(15)14-10-9-11-5-1-2-6-12(11)16(14)18-17/h1-2,5-6,9-10H,3-4,7-8H2,(H,18,19). The van der Waals surface area contributed by atoms with Crippen LogP contribution in [0.2, 0.25) is 0 Å². The number of H-pyrrole nitrogens is 1. The van der Waals surface area contributed by atoms with Crippen LogP contribution < -0.4 is 5.56 Å². The zero-order valence-electron chi connectivity index (χ0n) is 10.7. The normalized spacial score (nSPS) is 14.7. The second-order valence-electron chi connectivity index (χ2n) is 5.33. The summed E-state index contributed by atoms with van der Waals surface area (Å²) >= 11 is 0. The van der Waals surface area contributed by atoms with Crippen LogP contribution in [0, 0.1) is 0 Å². The first-order valence-electron chi connectivity index (χ1n) is 6.90. The second kappa shape index (κ2) is 3.95. The van der Waals surface area contributed by atoms with Crippen molar-refractivity contribution in [1.82, 2.24) is 4.98 Å². The zero-order chi connectivity index (χ0) is 12.8. The van der Waals surface area contributed by atoms with Gasteiger partial charge in [0.15, 0.2) is 0 Å². The summed E-state index contributed by atoms with van der Waals surface area (Å²) in [6.45, 7) is 0. The van der Waals surface area contributed by atoms with Gasteiger partial charge in [-0.2, -0.15) is 0 Å². The van der Waals surface area contributed by atoms with Crippen molar-refractivity contribution < 1.29 is 0 Å². The van der Waals surface area contributed by atoms with Crippen molar-refractivity contribution in [1.29, 1.82) is 0 Å². The van der Waals surface area contributed by atoms with Crippen molar-refractivity contribution in [2.75, 3.05) is 0 Å². The lowest BCUT2D eigenvalue weighted by Gasteiger charge is -2.17. The minimum atomic E-state index is 0.110. The largest absolute Gasteiger partial charge is 0.321 e. The molecule has 0 spiro atoms. The molecule has 1 aromatic heterocycles. The first-order chi connectivity index (χ1) is 9.34. The summed E-state index contributed by atoms with van der Waals surface area (Å²) in [4.78, 5) is 15.4. The van der Waals surface area contributed by atoms with E-state index in [4.69, 9.17) is 0 Å². The summed E-state index contributed by atoms with van der Waals surface area (Å²) in [5.41, 5.74) is 3.40. The Labute approximate surface area is 111 Å². The number of hydrogen-bond donors (Lipinski definition) is 1. The molecule has 0 amide bonds. The van der Waals surface area contributed by atoms with Gasteiger partial charge in [0.2, 0.25) is 0 Å². The maximum absolute atomic E-state index is 12.3. The van der Waals surface area contributed by atoms with E-state index < -0.39 is 0 Å². The Morgan fingerprint density at radius 2 is 1.63 bits per heavy atom. The fourth-order valence-corrected chi connectivity index (χ4v) is 3.30. The fourth-order valence-electron chi connectivity index (χ4n) is 3.30. The van der Waals surface area contributed by atoms with Gasteiger partial charge in [0.1, 0.15) is 0 Å². The monoisotopic (exact) mass is 249 g/mol. The van der Waals surface area contributed by atoms with Crippen LogP contribution >= 0.6 is 0 Å². The molecule has 0 atom stereocenters. The Bertz CT molecular complexity index is 845. The second-order valence-corrected chi connectivity index (χ2v) is 5.33. The van der Waals surface area contributed by atoms with Crippen molar-refractivity contribution in [2.45, 2.75) is 25.7 Å².